The Morgan fingerprint density at radius 2 is 1.88 bits per heavy atom. The van der Waals surface area contributed by atoms with Crippen LogP contribution in [0, 0.1) is 18.8 Å². The van der Waals surface area contributed by atoms with E-state index in [2.05, 4.69) is 5.32 Å². The van der Waals surface area contributed by atoms with E-state index in [-0.39, 0.29) is 11.8 Å². The van der Waals surface area contributed by atoms with Crippen molar-refractivity contribution in [3.8, 4) is 0 Å². The minimum Gasteiger partial charge on any atom is -0.481 e. The van der Waals surface area contributed by atoms with E-state index in [1.165, 1.54) is 0 Å². The molecule has 1 saturated carbocycles. The Labute approximate surface area is 93.3 Å². The van der Waals surface area contributed by atoms with Crippen molar-refractivity contribution in [1.29, 1.82) is 0 Å². The van der Waals surface area contributed by atoms with E-state index in [1.54, 1.807) is 0 Å². The maximum atomic E-state index is 11.6. The summed E-state index contributed by atoms with van der Waals surface area (Å²) in [5.74, 6) is -1.94. The molecule has 16 heavy (non-hydrogen) atoms. The largest absolute Gasteiger partial charge is 0.481 e. The number of carboxylic acid groups (broad SMARTS) is 1. The molecule has 2 N–H and O–H groups in total. The lowest BCUT2D eigenvalue weighted by atomic mass is 10.2. The third-order valence-electron chi connectivity index (χ3n) is 2.76. The molecule has 0 radical (unpaired) electrons. The number of aryl methyl sites for hydroxylation is 1. The van der Waals surface area contributed by atoms with Gasteiger partial charge in [-0.05, 0) is 25.5 Å². The van der Waals surface area contributed by atoms with Crippen LogP contribution in [-0.2, 0) is 9.59 Å². The molecule has 1 aromatic rings. The standard InChI is InChI=1S/C12H13NO3/c1-7-2-4-8(5-3-7)13-11(14)9-6-10(9)12(15)16/h2-5,9-10H,6H2,1H3,(H,13,14)(H,15,16). The first-order chi connectivity index (χ1) is 7.58. The highest BCUT2D eigenvalue weighted by Gasteiger charge is 2.48. The van der Waals surface area contributed by atoms with Crippen LogP contribution in [0.4, 0.5) is 5.69 Å². The first-order valence-electron chi connectivity index (χ1n) is 5.18. The zero-order valence-corrected chi connectivity index (χ0v) is 8.93. The molecule has 1 aliphatic carbocycles. The van der Waals surface area contributed by atoms with Crippen LogP contribution in [0.3, 0.4) is 0 Å². The molecule has 2 rings (SSSR count). The second-order valence-corrected chi connectivity index (χ2v) is 4.14. The fourth-order valence-electron chi connectivity index (χ4n) is 1.63. The summed E-state index contributed by atoms with van der Waals surface area (Å²) in [5, 5.41) is 11.4. The van der Waals surface area contributed by atoms with Gasteiger partial charge < -0.3 is 10.4 Å². The van der Waals surface area contributed by atoms with Gasteiger partial charge in [-0.1, -0.05) is 17.7 Å². The van der Waals surface area contributed by atoms with E-state index in [0.29, 0.717) is 12.1 Å². The van der Waals surface area contributed by atoms with Gasteiger partial charge in [-0.15, -0.1) is 0 Å². The molecular formula is C12H13NO3. The van der Waals surface area contributed by atoms with Crippen LogP contribution in [0.15, 0.2) is 24.3 Å². The Morgan fingerprint density at radius 1 is 1.25 bits per heavy atom. The maximum Gasteiger partial charge on any atom is 0.307 e. The van der Waals surface area contributed by atoms with Crippen LogP contribution < -0.4 is 5.32 Å². The van der Waals surface area contributed by atoms with Crippen LogP contribution in [0.5, 0.6) is 0 Å². The summed E-state index contributed by atoms with van der Waals surface area (Å²) in [6.07, 6.45) is 0.451. The monoisotopic (exact) mass is 219 g/mol. The van der Waals surface area contributed by atoms with E-state index in [9.17, 15) is 9.59 Å². The molecule has 0 aromatic heterocycles. The molecule has 1 fully saturated rings. The molecule has 4 nitrogen and oxygen atoms in total. The number of aliphatic carboxylic acids is 1. The van der Waals surface area contributed by atoms with Crippen molar-refractivity contribution >= 4 is 17.6 Å². The molecule has 0 spiro atoms. The normalized spacial score (nSPS) is 22.6. The van der Waals surface area contributed by atoms with Crippen LogP contribution >= 0.6 is 0 Å². The van der Waals surface area contributed by atoms with Crippen molar-refractivity contribution in [2.75, 3.05) is 5.32 Å². The molecule has 2 unspecified atom stereocenters. The van der Waals surface area contributed by atoms with Gasteiger partial charge in [0, 0.05) is 5.69 Å². The van der Waals surface area contributed by atoms with Gasteiger partial charge in [0.25, 0.3) is 0 Å². The number of carboxylic acids is 1. The molecule has 0 bridgehead atoms. The average Bonchev–Trinajstić information content (AvgIpc) is 3.01. The third kappa shape index (κ3) is 2.21. The minimum absolute atomic E-state index is 0.198. The summed E-state index contributed by atoms with van der Waals surface area (Å²) in [4.78, 5) is 22.2. The zero-order valence-electron chi connectivity index (χ0n) is 8.93. The summed E-state index contributed by atoms with van der Waals surface area (Å²) >= 11 is 0. The number of nitrogens with one attached hydrogen (secondary N) is 1. The maximum absolute atomic E-state index is 11.6. The van der Waals surface area contributed by atoms with Crippen LogP contribution in [0.1, 0.15) is 12.0 Å². The molecule has 2 atom stereocenters. The highest BCUT2D eigenvalue weighted by molar-refractivity contribution is 5.98. The van der Waals surface area contributed by atoms with Gasteiger partial charge in [0.05, 0.1) is 11.8 Å². The second kappa shape index (κ2) is 3.96. The number of anilines is 1. The van der Waals surface area contributed by atoms with Crippen LogP contribution in [-0.4, -0.2) is 17.0 Å². The average molecular weight is 219 g/mol. The lowest BCUT2D eigenvalue weighted by molar-refractivity contribution is -0.139. The Hall–Kier alpha value is -1.84. The molecule has 1 aromatic carbocycles. The van der Waals surface area contributed by atoms with E-state index in [0.717, 1.165) is 5.56 Å². The van der Waals surface area contributed by atoms with E-state index in [4.69, 9.17) is 5.11 Å². The molecular weight excluding hydrogens is 206 g/mol. The summed E-state index contributed by atoms with van der Waals surface area (Å²) in [6.45, 7) is 1.97. The number of carbonyl (C=O) groups is 2. The highest BCUT2D eigenvalue weighted by atomic mass is 16.4. The first kappa shape index (κ1) is 10.7. The second-order valence-electron chi connectivity index (χ2n) is 4.14. The van der Waals surface area contributed by atoms with E-state index < -0.39 is 11.9 Å². The zero-order chi connectivity index (χ0) is 11.7. The highest BCUT2D eigenvalue weighted by Crippen LogP contribution is 2.39. The molecule has 4 heteroatoms. The molecule has 1 aliphatic rings. The lowest BCUT2D eigenvalue weighted by Gasteiger charge is -2.04. The van der Waals surface area contributed by atoms with Crippen molar-refractivity contribution in [2.45, 2.75) is 13.3 Å². The Balaban J connectivity index is 1.94. The quantitative estimate of drug-likeness (QED) is 0.812. The molecule has 1 amide bonds. The van der Waals surface area contributed by atoms with Gasteiger partial charge in [-0.3, -0.25) is 9.59 Å². The molecule has 0 aliphatic heterocycles. The summed E-state index contributed by atoms with van der Waals surface area (Å²) < 4.78 is 0. The number of hydrogen-bond acceptors (Lipinski definition) is 2. The SMILES string of the molecule is Cc1ccc(NC(=O)C2CC2C(=O)O)cc1. The number of rotatable bonds is 3. The fraction of sp³-hybridized carbons (Fsp3) is 0.333. The fourth-order valence-corrected chi connectivity index (χ4v) is 1.63. The topological polar surface area (TPSA) is 66.4 Å². The Morgan fingerprint density at radius 3 is 2.38 bits per heavy atom. The smallest absolute Gasteiger partial charge is 0.307 e. The van der Waals surface area contributed by atoms with Crippen molar-refractivity contribution < 1.29 is 14.7 Å². The van der Waals surface area contributed by atoms with Crippen molar-refractivity contribution in [3.63, 3.8) is 0 Å². The molecule has 0 saturated heterocycles. The number of benzene rings is 1. The number of amides is 1. The Bertz CT molecular complexity index is 424. The van der Waals surface area contributed by atoms with Gasteiger partial charge in [-0.25, -0.2) is 0 Å². The van der Waals surface area contributed by atoms with E-state index >= 15 is 0 Å². The van der Waals surface area contributed by atoms with Crippen LogP contribution in [0.25, 0.3) is 0 Å². The molecule has 0 heterocycles. The lowest BCUT2D eigenvalue weighted by Crippen LogP contribution is -2.16. The minimum atomic E-state index is -0.885. The van der Waals surface area contributed by atoms with Gasteiger partial charge >= 0.3 is 5.97 Å². The number of hydrogen-bond donors (Lipinski definition) is 2. The van der Waals surface area contributed by atoms with Gasteiger partial charge in [0.1, 0.15) is 0 Å². The third-order valence-corrected chi connectivity index (χ3v) is 2.76. The summed E-state index contributed by atoms with van der Waals surface area (Å²) in [5.41, 5.74) is 1.83. The van der Waals surface area contributed by atoms with Gasteiger partial charge in [-0.2, -0.15) is 0 Å². The van der Waals surface area contributed by atoms with Crippen molar-refractivity contribution in [3.05, 3.63) is 29.8 Å². The van der Waals surface area contributed by atoms with E-state index in [1.807, 2.05) is 31.2 Å². The predicted octanol–water partition coefficient (Wildman–Crippen LogP) is 1.65. The van der Waals surface area contributed by atoms with Gasteiger partial charge in [0.2, 0.25) is 5.91 Å². The Kier molecular flexibility index (Phi) is 2.64. The first-order valence-corrected chi connectivity index (χ1v) is 5.18. The summed E-state index contributed by atoms with van der Waals surface area (Å²) in [7, 11) is 0. The van der Waals surface area contributed by atoms with Gasteiger partial charge in [0.15, 0.2) is 0 Å². The van der Waals surface area contributed by atoms with Crippen LogP contribution in [0.2, 0.25) is 0 Å². The van der Waals surface area contributed by atoms with Crippen molar-refractivity contribution in [1.82, 2.24) is 0 Å². The molecule has 84 valence electrons. The number of carbonyl (C=O) groups excluding carboxylic acids is 1. The van der Waals surface area contributed by atoms with Crippen molar-refractivity contribution in [2.24, 2.45) is 11.8 Å². The summed E-state index contributed by atoms with van der Waals surface area (Å²) in [6, 6.07) is 7.42. The predicted molar refractivity (Wildman–Crippen MR) is 59.0 cm³/mol.